The van der Waals surface area contributed by atoms with Gasteiger partial charge in [0, 0.05) is 18.4 Å². The minimum Gasteiger partial charge on any atom is -0.317 e. The Morgan fingerprint density at radius 3 is 2.58 bits per heavy atom. The van der Waals surface area contributed by atoms with Crippen LogP contribution in [0.2, 0.25) is 0 Å². The Labute approximate surface area is 113 Å². The van der Waals surface area contributed by atoms with Gasteiger partial charge in [0.1, 0.15) is 5.82 Å². The number of hydrogen-bond donors (Lipinski definition) is 1. The minimum atomic E-state index is -0.180. The maximum atomic E-state index is 12.9. The molecule has 19 heavy (non-hydrogen) atoms. The average Bonchev–Trinajstić information content (AvgIpc) is 2.46. The molecule has 0 saturated heterocycles. The number of rotatable bonds is 6. The van der Waals surface area contributed by atoms with Gasteiger partial charge in [-0.15, -0.1) is 0 Å². The van der Waals surface area contributed by atoms with Gasteiger partial charge in [-0.2, -0.15) is 0 Å². The SMILES string of the molecule is CNC(CCc1cccnc1)Cc1ccc(F)cc1. The van der Waals surface area contributed by atoms with Gasteiger partial charge in [0.25, 0.3) is 0 Å². The van der Waals surface area contributed by atoms with Crippen LogP contribution in [-0.2, 0) is 12.8 Å². The van der Waals surface area contributed by atoms with Crippen molar-refractivity contribution in [3.05, 3.63) is 65.7 Å². The van der Waals surface area contributed by atoms with Crippen LogP contribution in [-0.4, -0.2) is 18.1 Å². The minimum absolute atomic E-state index is 0.180. The summed E-state index contributed by atoms with van der Waals surface area (Å²) in [5.41, 5.74) is 2.41. The molecule has 1 aromatic carbocycles. The van der Waals surface area contributed by atoms with Crippen molar-refractivity contribution in [2.75, 3.05) is 7.05 Å². The summed E-state index contributed by atoms with van der Waals surface area (Å²) in [4.78, 5) is 4.12. The fraction of sp³-hybridized carbons (Fsp3) is 0.312. The molecule has 2 rings (SSSR count). The Balaban J connectivity index is 1.88. The van der Waals surface area contributed by atoms with E-state index in [9.17, 15) is 4.39 Å². The van der Waals surface area contributed by atoms with Gasteiger partial charge >= 0.3 is 0 Å². The molecule has 2 aromatic rings. The topological polar surface area (TPSA) is 24.9 Å². The summed E-state index contributed by atoms with van der Waals surface area (Å²) in [5.74, 6) is -0.180. The van der Waals surface area contributed by atoms with E-state index in [1.807, 2.05) is 31.4 Å². The number of benzene rings is 1. The first-order valence-electron chi connectivity index (χ1n) is 6.58. The molecule has 2 nitrogen and oxygen atoms in total. The summed E-state index contributed by atoms with van der Waals surface area (Å²) in [6.45, 7) is 0. The van der Waals surface area contributed by atoms with E-state index in [2.05, 4.69) is 16.4 Å². The number of aromatic nitrogens is 1. The van der Waals surface area contributed by atoms with Crippen LogP contribution in [0.3, 0.4) is 0 Å². The second-order valence-corrected chi connectivity index (χ2v) is 4.72. The lowest BCUT2D eigenvalue weighted by Gasteiger charge is -2.16. The van der Waals surface area contributed by atoms with Gasteiger partial charge in [0.2, 0.25) is 0 Å². The summed E-state index contributed by atoms with van der Waals surface area (Å²) in [7, 11) is 1.97. The Morgan fingerprint density at radius 2 is 1.95 bits per heavy atom. The van der Waals surface area contributed by atoms with Gasteiger partial charge in [0.15, 0.2) is 0 Å². The average molecular weight is 258 g/mol. The summed E-state index contributed by atoms with van der Waals surface area (Å²) >= 11 is 0. The quantitative estimate of drug-likeness (QED) is 0.861. The summed E-state index contributed by atoms with van der Waals surface area (Å²) in [6.07, 6.45) is 6.65. The van der Waals surface area contributed by atoms with E-state index in [1.54, 1.807) is 6.20 Å². The monoisotopic (exact) mass is 258 g/mol. The molecule has 1 atom stereocenters. The lowest BCUT2D eigenvalue weighted by Crippen LogP contribution is -2.28. The van der Waals surface area contributed by atoms with Gasteiger partial charge in [-0.05, 0) is 55.6 Å². The smallest absolute Gasteiger partial charge is 0.123 e. The van der Waals surface area contributed by atoms with Crippen molar-refractivity contribution >= 4 is 0 Å². The molecule has 3 heteroatoms. The number of likely N-dealkylation sites (N-methyl/N-ethyl adjacent to an activating group) is 1. The van der Waals surface area contributed by atoms with E-state index < -0.39 is 0 Å². The number of pyridine rings is 1. The molecule has 0 fully saturated rings. The molecule has 1 N–H and O–H groups in total. The van der Waals surface area contributed by atoms with Crippen molar-refractivity contribution in [3.63, 3.8) is 0 Å². The highest BCUT2D eigenvalue weighted by molar-refractivity contribution is 5.17. The summed E-state index contributed by atoms with van der Waals surface area (Å²) in [5, 5.41) is 3.32. The standard InChI is InChI=1S/C16H19FN2/c1-18-16(9-6-14-3-2-10-19-12-14)11-13-4-7-15(17)8-5-13/h2-5,7-8,10,12,16,18H,6,9,11H2,1H3. The van der Waals surface area contributed by atoms with Crippen LogP contribution in [0, 0.1) is 5.82 Å². The molecule has 0 radical (unpaired) electrons. The van der Waals surface area contributed by atoms with Crippen molar-refractivity contribution in [3.8, 4) is 0 Å². The van der Waals surface area contributed by atoms with E-state index in [4.69, 9.17) is 0 Å². The Kier molecular flexibility index (Phi) is 5.04. The third kappa shape index (κ3) is 4.45. The molecule has 0 amide bonds. The number of nitrogens with one attached hydrogen (secondary N) is 1. The number of halogens is 1. The van der Waals surface area contributed by atoms with E-state index in [1.165, 1.54) is 17.7 Å². The Bertz CT molecular complexity index is 482. The van der Waals surface area contributed by atoms with Crippen LogP contribution in [0.4, 0.5) is 4.39 Å². The first kappa shape index (κ1) is 13.7. The molecule has 0 aliphatic carbocycles. The van der Waals surface area contributed by atoms with Crippen LogP contribution in [0.5, 0.6) is 0 Å². The van der Waals surface area contributed by atoms with Gasteiger partial charge < -0.3 is 5.32 Å². The van der Waals surface area contributed by atoms with Crippen molar-refractivity contribution in [1.82, 2.24) is 10.3 Å². The van der Waals surface area contributed by atoms with Crippen LogP contribution in [0.15, 0.2) is 48.8 Å². The fourth-order valence-corrected chi connectivity index (χ4v) is 2.14. The van der Waals surface area contributed by atoms with Gasteiger partial charge in [-0.1, -0.05) is 18.2 Å². The summed E-state index contributed by atoms with van der Waals surface area (Å²) < 4.78 is 12.9. The largest absolute Gasteiger partial charge is 0.317 e. The highest BCUT2D eigenvalue weighted by Crippen LogP contribution is 2.10. The maximum Gasteiger partial charge on any atom is 0.123 e. The first-order valence-corrected chi connectivity index (χ1v) is 6.58. The lowest BCUT2D eigenvalue weighted by molar-refractivity contribution is 0.519. The van der Waals surface area contributed by atoms with Crippen molar-refractivity contribution in [1.29, 1.82) is 0 Å². The van der Waals surface area contributed by atoms with Gasteiger partial charge in [0.05, 0.1) is 0 Å². The molecule has 0 bridgehead atoms. The van der Waals surface area contributed by atoms with E-state index in [-0.39, 0.29) is 5.82 Å². The van der Waals surface area contributed by atoms with Crippen molar-refractivity contribution < 1.29 is 4.39 Å². The van der Waals surface area contributed by atoms with Crippen LogP contribution in [0.1, 0.15) is 17.5 Å². The third-order valence-electron chi connectivity index (χ3n) is 3.31. The zero-order chi connectivity index (χ0) is 13.5. The lowest BCUT2D eigenvalue weighted by atomic mass is 10.00. The number of hydrogen-bond acceptors (Lipinski definition) is 2. The van der Waals surface area contributed by atoms with E-state index in [0.717, 1.165) is 24.8 Å². The molecular formula is C16H19FN2. The van der Waals surface area contributed by atoms with Gasteiger partial charge in [-0.3, -0.25) is 4.98 Å². The maximum absolute atomic E-state index is 12.9. The van der Waals surface area contributed by atoms with Gasteiger partial charge in [-0.25, -0.2) is 4.39 Å². The summed E-state index contributed by atoms with van der Waals surface area (Å²) in [6, 6.07) is 11.2. The molecular weight excluding hydrogens is 239 g/mol. The predicted octanol–water partition coefficient (Wildman–Crippen LogP) is 2.98. The number of aryl methyl sites for hydroxylation is 1. The molecule has 100 valence electrons. The predicted molar refractivity (Wildman–Crippen MR) is 75.5 cm³/mol. The second-order valence-electron chi connectivity index (χ2n) is 4.72. The molecule has 1 heterocycles. The third-order valence-corrected chi connectivity index (χ3v) is 3.31. The molecule has 0 aliphatic heterocycles. The Morgan fingerprint density at radius 1 is 1.16 bits per heavy atom. The fourth-order valence-electron chi connectivity index (χ4n) is 2.14. The molecule has 0 aliphatic rings. The Hall–Kier alpha value is -1.74. The zero-order valence-corrected chi connectivity index (χ0v) is 11.1. The molecule has 0 saturated carbocycles. The highest BCUT2D eigenvalue weighted by atomic mass is 19.1. The van der Waals surface area contributed by atoms with E-state index in [0.29, 0.717) is 6.04 Å². The normalized spacial score (nSPS) is 12.3. The van der Waals surface area contributed by atoms with Crippen molar-refractivity contribution in [2.24, 2.45) is 0 Å². The van der Waals surface area contributed by atoms with Crippen molar-refractivity contribution in [2.45, 2.75) is 25.3 Å². The second kappa shape index (κ2) is 7.00. The van der Waals surface area contributed by atoms with Crippen LogP contribution in [0.25, 0.3) is 0 Å². The molecule has 0 spiro atoms. The highest BCUT2D eigenvalue weighted by Gasteiger charge is 2.07. The number of nitrogens with zero attached hydrogens (tertiary/aromatic N) is 1. The first-order chi connectivity index (χ1) is 9.28. The van der Waals surface area contributed by atoms with E-state index >= 15 is 0 Å². The zero-order valence-electron chi connectivity index (χ0n) is 11.1. The molecule has 1 unspecified atom stereocenters. The molecule has 1 aromatic heterocycles. The van der Waals surface area contributed by atoms with Crippen LogP contribution < -0.4 is 5.32 Å². The van der Waals surface area contributed by atoms with Crippen LogP contribution >= 0.6 is 0 Å².